The molecule has 1 aromatic carbocycles. The monoisotopic (exact) mass is 443 g/mol. The van der Waals surface area contributed by atoms with Gasteiger partial charge in [-0.05, 0) is 44.0 Å². The normalized spacial score (nSPS) is 23.6. The Balaban J connectivity index is 1.98. The molecule has 31 heavy (non-hydrogen) atoms. The Morgan fingerprint density at radius 2 is 1.94 bits per heavy atom. The average Bonchev–Trinajstić information content (AvgIpc) is 3.05. The summed E-state index contributed by atoms with van der Waals surface area (Å²) in [5.41, 5.74) is 1.61. The van der Waals surface area contributed by atoms with Gasteiger partial charge in [0.15, 0.2) is 5.60 Å². The summed E-state index contributed by atoms with van der Waals surface area (Å²) in [6.45, 7) is 1.91. The highest BCUT2D eigenvalue weighted by Crippen LogP contribution is 2.50. The zero-order valence-corrected chi connectivity index (χ0v) is 16.4. The van der Waals surface area contributed by atoms with Gasteiger partial charge in [0.05, 0.1) is 0 Å². The van der Waals surface area contributed by atoms with Crippen LogP contribution in [-0.4, -0.2) is 34.7 Å². The van der Waals surface area contributed by atoms with Gasteiger partial charge in [0, 0.05) is 23.4 Å². The molecule has 3 atom stereocenters. The molecule has 1 fully saturated rings. The molecular formula is C20H18F5N3O3. The highest BCUT2D eigenvalue weighted by atomic mass is 19.4. The third-order valence-electron chi connectivity index (χ3n) is 5.25. The smallest absolute Gasteiger partial charge is 0.364 e. The average molecular weight is 443 g/mol. The summed E-state index contributed by atoms with van der Waals surface area (Å²) in [7, 11) is 0. The van der Waals surface area contributed by atoms with E-state index in [2.05, 4.69) is 10.3 Å². The van der Waals surface area contributed by atoms with Crippen LogP contribution in [-0.2, 0) is 9.53 Å². The van der Waals surface area contributed by atoms with Gasteiger partial charge in [-0.1, -0.05) is 6.07 Å². The van der Waals surface area contributed by atoms with Crippen LogP contribution in [0.4, 0.5) is 27.6 Å². The number of nitrogens with zero attached hydrogens (tertiary/aromatic N) is 1. The minimum absolute atomic E-state index is 0.0347. The molecule has 0 bridgehead atoms. The van der Waals surface area contributed by atoms with Crippen LogP contribution in [0.25, 0.3) is 0 Å². The summed E-state index contributed by atoms with van der Waals surface area (Å²) >= 11 is 0. The number of anilines is 1. The van der Waals surface area contributed by atoms with Crippen molar-refractivity contribution >= 4 is 17.5 Å². The summed E-state index contributed by atoms with van der Waals surface area (Å²) in [5, 5.41) is 2.34. The van der Waals surface area contributed by atoms with Crippen molar-refractivity contribution in [2.75, 3.05) is 5.32 Å². The van der Waals surface area contributed by atoms with Crippen molar-refractivity contribution in [1.29, 1.82) is 0 Å². The van der Waals surface area contributed by atoms with Crippen molar-refractivity contribution in [2.45, 2.75) is 44.1 Å². The minimum atomic E-state index is -4.85. The van der Waals surface area contributed by atoms with E-state index in [4.69, 9.17) is 10.5 Å². The van der Waals surface area contributed by atoms with Gasteiger partial charge in [0.1, 0.15) is 23.4 Å². The van der Waals surface area contributed by atoms with Gasteiger partial charge in [0.2, 0.25) is 0 Å². The number of halogens is 5. The molecule has 11 heteroatoms. The van der Waals surface area contributed by atoms with E-state index in [-0.39, 0.29) is 22.5 Å². The lowest BCUT2D eigenvalue weighted by Gasteiger charge is -2.27. The number of carbonyl (C=O) groups excluding carboxylic acids is 2. The van der Waals surface area contributed by atoms with Crippen molar-refractivity contribution in [3.8, 4) is 0 Å². The van der Waals surface area contributed by atoms with E-state index in [0.29, 0.717) is 0 Å². The topological polar surface area (TPSA) is 94.3 Å². The zero-order chi connectivity index (χ0) is 23.1. The molecule has 166 valence electrons. The maximum atomic E-state index is 14.7. The van der Waals surface area contributed by atoms with Gasteiger partial charge in [-0.25, -0.2) is 8.78 Å². The van der Waals surface area contributed by atoms with Crippen molar-refractivity contribution < 1.29 is 36.3 Å². The molecule has 1 saturated heterocycles. The molecule has 3 unspecified atom stereocenters. The lowest BCUT2D eigenvalue weighted by Crippen LogP contribution is -2.43. The molecule has 0 aliphatic carbocycles. The maximum Gasteiger partial charge on any atom is 0.417 e. The lowest BCUT2D eigenvalue weighted by molar-refractivity contribution is -0.261. The number of hydrogen-bond acceptors (Lipinski definition) is 4. The molecule has 2 aromatic rings. The standard InChI is InChI=1S/C20H18F5N3O3/c1-9-13(21)4-3-11(15(9)22)12-8-19(2,20(23,24)25)31-16(12)18(30)28-10-5-6-27-14(7-10)17(26)29/h3-7,12,16H,8H2,1-2H3,(H2,26,29)(H,27,28,30). The molecule has 3 N–H and O–H groups in total. The summed E-state index contributed by atoms with van der Waals surface area (Å²) in [6.07, 6.45) is -6.16. The fourth-order valence-electron chi connectivity index (χ4n) is 3.45. The summed E-state index contributed by atoms with van der Waals surface area (Å²) in [5.74, 6) is -5.13. The number of nitrogens with one attached hydrogen (secondary N) is 1. The summed E-state index contributed by atoms with van der Waals surface area (Å²) in [6, 6.07) is 4.36. The first kappa shape index (κ1) is 22.6. The molecule has 2 heterocycles. The lowest BCUT2D eigenvalue weighted by atomic mass is 9.85. The Labute approximate surface area is 173 Å². The highest BCUT2D eigenvalue weighted by Gasteiger charge is 2.61. The second-order valence-electron chi connectivity index (χ2n) is 7.44. The number of carbonyl (C=O) groups is 2. The predicted molar refractivity (Wildman–Crippen MR) is 99.2 cm³/mol. The number of ether oxygens (including phenoxy) is 1. The number of benzene rings is 1. The van der Waals surface area contributed by atoms with E-state index >= 15 is 0 Å². The molecule has 1 aromatic heterocycles. The van der Waals surface area contributed by atoms with Gasteiger partial charge in [-0.2, -0.15) is 13.2 Å². The van der Waals surface area contributed by atoms with Crippen molar-refractivity contribution in [1.82, 2.24) is 4.98 Å². The Kier molecular flexibility index (Phi) is 5.74. The van der Waals surface area contributed by atoms with Crippen molar-refractivity contribution in [3.05, 3.63) is 58.9 Å². The van der Waals surface area contributed by atoms with E-state index < -0.39 is 53.7 Å². The SMILES string of the molecule is Cc1c(F)ccc(C2CC(C)(C(F)(F)F)OC2C(=O)Nc2ccnc(C(N)=O)c2)c1F. The number of hydrogen-bond donors (Lipinski definition) is 2. The fourth-order valence-corrected chi connectivity index (χ4v) is 3.45. The molecule has 1 aliphatic heterocycles. The number of amides is 2. The van der Waals surface area contributed by atoms with Crippen molar-refractivity contribution in [3.63, 3.8) is 0 Å². The first-order valence-corrected chi connectivity index (χ1v) is 9.10. The van der Waals surface area contributed by atoms with Gasteiger partial charge >= 0.3 is 6.18 Å². The minimum Gasteiger partial charge on any atom is -0.364 e. The third-order valence-corrected chi connectivity index (χ3v) is 5.25. The number of primary amides is 1. The Morgan fingerprint density at radius 3 is 2.55 bits per heavy atom. The van der Waals surface area contributed by atoms with E-state index in [1.807, 2.05) is 0 Å². The second-order valence-corrected chi connectivity index (χ2v) is 7.44. The van der Waals surface area contributed by atoms with Crippen molar-refractivity contribution in [2.24, 2.45) is 5.73 Å². The van der Waals surface area contributed by atoms with Crippen LogP contribution in [0.3, 0.4) is 0 Å². The van der Waals surface area contributed by atoms with Gasteiger partial charge in [-0.15, -0.1) is 0 Å². The van der Waals surface area contributed by atoms with Crippen LogP contribution < -0.4 is 11.1 Å². The van der Waals surface area contributed by atoms with E-state index in [0.717, 1.165) is 32.0 Å². The van der Waals surface area contributed by atoms with Crippen LogP contribution in [0, 0.1) is 18.6 Å². The van der Waals surface area contributed by atoms with Gasteiger partial charge < -0.3 is 15.8 Å². The maximum absolute atomic E-state index is 14.7. The largest absolute Gasteiger partial charge is 0.417 e. The Morgan fingerprint density at radius 1 is 1.26 bits per heavy atom. The van der Waals surface area contributed by atoms with E-state index in [9.17, 15) is 31.5 Å². The Bertz CT molecular complexity index is 1040. The molecule has 0 saturated carbocycles. The molecule has 0 radical (unpaired) electrons. The van der Waals surface area contributed by atoms with E-state index in [1.54, 1.807) is 0 Å². The number of aromatic nitrogens is 1. The first-order valence-electron chi connectivity index (χ1n) is 9.10. The van der Waals surface area contributed by atoms with Crippen LogP contribution in [0.1, 0.15) is 40.9 Å². The second kappa shape index (κ2) is 7.88. The predicted octanol–water partition coefficient (Wildman–Crippen LogP) is 3.60. The van der Waals surface area contributed by atoms with Crippen LogP contribution in [0.5, 0.6) is 0 Å². The third kappa shape index (κ3) is 4.22. The fraction of sp³-hybridized carbons (Fsp3) is 0.350. The molecule has 2 amide bonds. The molecule has 0 spiro atoms. The van der Waals surface area contributed by atoms with Gasteiger partial charge in [0.25, 0.3) is 11.8 Å². The van der Waals surface area contributed by atoms with E-state index in [1.165, 1.54) is 12.3 Å². The highest BCUT2D eigenvalue weighted by molar-refractivity contribution is 5.97. The molecular weight excluding hydrogens is 425 g/mol. The van der Waals surface area contributed by atoms with Crippen LogP contribution in [0.15, 0.2) is 30.5 Å². The van der Waals surface area contributed by atoms with Crippen LogP contribution >= 0.6 is 0 Å². The molecule has 6 nitrogen and oxygen atoms in total. The number of rotatable bonds is 4. The molecule has 1 aliphatic rings. The quantitative estimate of drug-likeness (QED) is 0.706. The summed E-state index contributed by atoms with van der Waals surface area (Å²) < 4.78 is 74.3. The Hall–Kier alpha value is -3.08. The number of alkyl halides is 3. The number of pyridine rings is 1. The number of nitrogens with two attached hydrogens (primary N) is 1. The first-order chi connectivity index (χ1) is 14.3. The van der Waals surface area contributed by atoms with Gasteiger partial charge in [-0.3, -0.25) is 14.6 Å². The van der Waals surface area contributed by atoms with Crippen LogP contribution in [0.2, 0.25) is 0 Å². The molecule has 3 rings (SSSR count). The zero-order valence-electron chi connectivity index (χ0n) is 16.4. The summed E-state index contributed by atoms with van der Waals surface area (Å²) in [4.78, 5) is 27.8.